The molecule has 3 aromatic carbocycles. The Morgan fingerprint density at radius 2 is 1.64 bits per heavy atom. The highest BCUT2D eigenvalue weighted by atomic mass is 35.5. The first kappa shape index (κ1) is 25.0. The molecule has 36 heavy (non-hydrogen) atoms. The minimum Gasteiger partial charge on any atom is -0.508 e. The number of aryl methyl sites for hydroxylation is 1. The average Bonchev–Trinajstić information content (AvgIpc) is 2.83. The summed E-state index contributed by atoms with van der Waals surface area (Å²) in [5.74, 6) is -2.11. The van der Waals surface area contributed by atoms with Crippen molar-refractivity contribution in [2.24, 2.45) is 7.05 Å². The zero-order valence-electron chi connectivity index (χ0n) is 18.7. The lowest BCUT2D eigenvalue weighted by Gasteiger charge is -2.16. The van der Waals surface area contributed by atoms with Crippen LogP contribution in [0.4, 0.5) is 0 Å². The number of carbonyl (C=O) groups excluding carboxylic acids is 1. The van der Waals surface area contributed by atoms with Crippen LogP contribution in [0.5, 0.6) is 5.75 Å². The molecule has 1 aromatic heterocycles. The Bertz CT molecular complexity index is 1610. The number of nitrogens with zero attached hydrogens (tertiary/aromatic N) is 2. The molecule has 0 bridgehead atoms. The summed E-state index contributed by atoms with van der Waals surface area (Å²) in [6, 6.07) is 13.5. The van der Waals surface area contributed by atoms with Gasteiger partial charge in [-0.25, -0.2) is 14.2 Å². The van der Waals surface area contributed by atoms with Crippen LogP contribution in [-0.4, -0.2) is 37.3 Å². The van der Waals surface area contributed by atoms with E-state index in [4.69, 9.17) is 23.2 Å². The van der Waals surface area contributed by atoms with Gasteiger partial charge in [-0.1, -0.05) is 41.4 Å². The van der Waals surface area contributed by atoms with E-state index in [0.29, 0.717) is 11.1 Å². The Kier molecular flexibility index (Phi) is 6.87. The molecular weight excluding hydrogens is 509 g/mol. The number of carbonyl (C=O) groups is 2. The first-order chi connectivity index (χ1) is 17.1. The summed E-state index contributed by atoms with van der Waals surface area (Å²) in [6.07, 6.45) is -0.0814. The Hall–Kier alpha value is -4.08. The van der Waals surface area contributed by atoms with Crippen LogP contribution < -0.4 is 16.6 Å². The van der Waals surface area contributed by atoms with Gasteiger partial charge in [0.25, 0.3) is 11.5 Å². The van der Waals surface area contributed by atoms with Crippen molar-refractivity contribution in [3.8, 4) is 11.4 Å². The molecule has 0 unspecified atom stereocenters. The number of amides is 1. The molecule has 0 aliphatic heterocycles. The number of aromatic nitrogens is 2. The van der Waals surface area contributed by atoms with Crippen LogP contribution in [0.1, 0.15) is 15.9 Å². The first-order valence-corrected chi connectivity index (χ1v) is 11.4. The van der Waals surface area contributed by atoms with Crippen molar-refractivity contribution in [3.63, 3.8) is 0 Å². The number of fused-ring (bicyclic) bond motifs is 1. The van der Waals surface area contributed by atoms with Gasteiger partial charge in [-0.3, -0.25) is 14.2 Å². The quantitative estimate of drug-likeness (QED) is 0.353. The number of phenolic OH excluding ortho intramolecular Hbond substituents is 1. The predicted molar refractivity (Wildman–Crippen MR) is 136 cm³/mol. The molecule has 0 aliphatic carbocycles. The number of aromatic hydroxyl groups is 1. The van der Waals surface area contributed by atoms with Crippen LogP contribution in [0.3, 0.4) is 0 Å². The van der Waals surface area contributed by atoms with Crippen LogP contribution in [0.15, 0.2) is 70.3 Å². The molecule has 1 atom stereocenters. The molecule has 4 rings (SSSR count). The standard InChI is InChI=1S/C25H19Cl2N3O6/c1-29-20-10-9-15(31)12-16(20)23(33)30(25(29)36)14-7-5-13(6-8-14)11-19(24(34)35)28-22(32)21-17(26)3-2-4-18(21)27/h2-10,12,19,31H,11H2,1H3,(H,28,32)(H,34,35)/t19-/m0/s1. The zero-order chi connectivity index (χ0) is 26.1. The molecule has 11 heteroatoms. The van der Waals surface area contributed by atoms with Gasteiger partial charge in [-0.05, 0) is 48.0 Å². The van der Waals surface area contributed by atoms with E-state index in [1.165, 1.54) is 54.1 Å². The molecule has 3 N–H and O–H groups in total. The fourth-order valence-corrected chi connectivity index (χ4v) is 4.41. The summed E-state index contributed by atoms with van der Waals surface area (Å²) in [4.78, 5) is 50.3. The zero-order valence-corrected chi connectivity index (χ0v) is 20.2. The molecule has 184 valence electrons. The normalized spacial score (nSPS) is 11.9. The van der Waals surface area contributed by atoms with Gasteiger partial charge in [-0.15, -0.1) is 0 Å². The molecule has 0 aliphatic rings. The van der Waals surface area contributed by atoms with Crippen molar-refractivity contribution in [1.82, 2.24) is 14.5 Å². The highest BCUT2D eigenvalue weighted by Gasteiger charge is 2.24. The lowest BCUT2D eigenvalue weighted by Crippen LogP contribution is -2.42. The lowest BCUT2D eigenvalue weighted by molar-refractivity contribution is -0.139. The van der Waals surface area contributed by atoms with Crippen LogP contribution in [-0.2, 0) is 18.3 Å². The number of carboxylic acid groups (broad SMARTS) is 1. The molecule has 0 saturated heterocycles. The van der Waals surface area contributed by atoms with Gasteiger partial charge in [0.05, 0.1) is 32.2 Å². The summed E-state index contributed by atoms with van der Waals surface area (Å²) in [5.41, 5.74) is -0.0648. The second-order valence-corrected chi connectivity index (χ2v) is 8.83. The summed E-state index contributed by atoms with van der Waals surface area (Å²) in [6.45, 7) is 0. The fourth-order valence-electron chi connectivity index (χ4n) is 3.84. The maximum atomic E-state index is 13.0. The molecule has 0 spiro atoms. The highest BCUT2D eigenvalue weighted by molar-refractivity contribution is 6.39. The van der Waals surface area contributed by atoms with Gasteiger partial charge in [0.2, 0.25) is 0 Å². The SMILES string of the molecule is Cn1c(=O)n(-c2ccc(C[C@H](NC(=O)c3c(Cl)cccc3Cl)C(=O)O)cc2)c(=O)c2cc(O)ccc21. The smallest absolute Gasteiger partial charge is 0.335 e. The monoisotopic (exact) mass is 527 g/mol. The fraction of sp³-hybridized carbons (Fsp3) is 0.120. The van der Waals surface area contributed by atoms with E-state index in [9.17, 15) is 29.4 Å². The van der Waals surface area contributed by atoms with Gasteiger partial charge in [-0.2, -0.15) is 0 Å². The molecular formula is C25H19Cl2N3O6. The maximum absolute atomic E-state index is 13.0. The minimum absolute atomic E-state index is 0.0278. The molecule has 9 nitrogen and oxygen atoms in total. The van der Waals surface area contributed by atoms with Crippen molar-refractivity contribution in [2.45, 2.75) is 12.5 Å². The molecule has 1 heterocycles. The van der Waals surface area contributed by atoms with E-state index in [1.807, 2.05) is 0 Å². The van der Waals surface area contributed by atoms with Crippen LogP contribution >= 0.6 is 23.2 Å². The Morgan fingerprint density at radius 3 is 2.25 bits per heavy atom. The third-order valence-electron chi connectivity index (χ3n) is 5.68. The number of carboxylic acids is 1. The number of halogens is 2. The molecule has 1 amide bonds. The highest BCUT2D eigenvalue weighted by Crippen LogP contribution is 2.24. The van der Waals surface area contributed by atoms with E-state index < -0.39 is 29.2 Å². The first-order valence-electron chi connectivity index (χ1n) is 10.6. The van der Waals surface area contributed by atoms with Gasteiger partial charge >= 0.3 is 11.7 Å². The van der Waals surface area contributed by atoms with Crippen LogP contribution in [0.25, 0.3) is 16.6 Å². The van der Waals surface area contributed by atoms with Crippen molar-refractivity contribution in [3.05, 3.63) is 103 Å². The van der Waals surface area contributed by atoms with Gasteiger partial charge in [0.15, 0.2) is 0 Å². The van der Waals surface area contributed by atoms with Gasteiger partial charge in [0, 0.05) is 13.5 Å². The Labute approximate surface area is 213 Å². The third-order valence-corrected chi connectivity index (χ3v) is 6.31. The topological polar surface area (TPSA) is 131 Å². The van der Waals surface area contributed by atoms with Crippen molar-refractivity contribution in [2.75, 3.05) is 0 Å². The van der Waals surface area contributed by atoms with Crippen molar-refractivity contribution >= 4 is 46.0 Å². The summed E-state index contributed by atoms with van der Waals surface area (Å²) >= 11 is 12.1. The molecule has 4 aromatic rings. The summed E-state index contributed by atoms with van der Waals surface area (Å²) in [7, 11) is 1.51. The van der Waals surface area contributed by atoms with E-state index in [-0.39, 0.29) is 38.9 Å². The number of phenols is 1. The number of aliphatic carboxylic acids is 1. The number of hydrogen-bond donors (Lipinski definition) is 3. The average molecular weight is 528 g/mol. The number of nitrogens with one attached hydrogen (secondary N) is 1. The van der Waals surface area contributed by atoms with Gasteiger partial charge < -0.3 is 15.5 Å². The van der Waals surface area contributed by atoms with E-state index in [1.54, 1.807) is 18.2 Å². The summed E-state index contributed by atoms with van der Waals surface area (Å²) in [5, 5.41) is 22.2. The van der Waals surface area contributed by atoms with E-state index in [2.05, 4.69) is 5.32 Å². The number of hydrogen-bond acceptors (Lipinski definition) is 5. The second kappa shape index (κ2) is 9.88. The Balaban J connectivity index is 1.63. The third kappa shape index (κ3) is 4.71. The molecule has 0 saturated carbocycles. The maximum Gasteiger partial charge on any atom is 0.335 e. The molecule has 0 fully saturated rings. The van der Waals surface area contributed by atoms with Crippen molar-refractivity contribution in [1.29, 1.82) is 0 Å². The van der Waals surface area contributed by atoms with Crippen LogP contribution in [0.2, 0.25) is 10.0 Å². The minimum atomic E-state index is -1.30. The Morgan fingerprint density at radius 1 is 1.00 bits per heavy atom. The largest absolute Gasteiger partial charge is 0.508 e. The van der Waals surface area contributed by atoms with E-state index >= 15 is 0 Å². The molecule has 0 radical (unpaired) electrons. The summed E-state index contributed by atoms with van der Waals surface area (Å²) < 4.78 is 2.25. The van der Waals surface area contributed by atoms with Gasteiger partial charge in [0.1, 0.15) is 11.8 Å². The van der Waals surface area contributed by atoms with Crippen LogP contribution in [0, 0.1) is 0 Å². The number of rotatable bonds is 6. The number of benzene rings is 3. The van der Waals surface area contributed by atoms with E-state index in [0.717, 1.165) is 4.57 Å². The second-order valence-electron chi connectivity index (χ2n) is 8.02. The lowest BCUT2D eigenvalue weighted by atomic mass is 10.0. The van der Waals surface area contributed by atoms with Crippen molar-refractivity contribution < 1.29 is 19.8 Å². The predicted octanol–water partition coefficient (Wildman–Crippen LogP) is 3.13.